The van der Waals surface area contributed by atoms with Gasteiger partial charge in [0.05, 0.1) is 13.0 Å². The van der Waals surface area contributed by atoms with Gasteiger partial charge in [-0.05, 0) is 6.92 Å². The van der Waals surface area contributed by atoms with Crippen LogP contribution in [0.15, 0.2) is 0 Å². The number of nitrogens with zero attached hydrogens (tertiary/aromatic N) is 1. The molecule has 0 aromatic rings. The molecule has 104 valence electrons. The molecule has 0 saturated heterocycles. The third-order valence-electron chi connectivity index (χ3n) is 2.12. The van der Waals surface area contributed by atoms with E-state index in [1.165, 1.54) is 11.9 Å². The number of rotatable bonds is 8. The first-order valence-corrected chi connectivity index (χ1v) is 5.49. The summed E-state index contributed by atoms with van der Waals surface area (Å²) in [7, 11) is 1.50. The Hall–Kier alpha value is -1.83. The van der Waals surface area contributed by atoms with Crippen LogP contribution in [-0.4, -0.2) is 60.8 Å². The molecule has 8 heteroatoms. The van der Waals surface area contributed by atoms with Crippen molar-refractivity contribution in [1.29, 1.82) is 0 Å². The van der Waals surface area contributed by atoms with Crippen LogP contribution >= 0.6 is 0 Å². The molecule has 1 atom stereocenters. The predicted octanol–water partition coefficient (Wildman–Crippen LogP) is -1.01. The largest absolute Gasteiger partial charge is 0.480 e. The standard InChI is InChI=1S/C10H19N3O5/c1-3-18-5-4-13(2)10(17)12-7(9(15)16)6-8(11)14/h7H,3-6H2,1-2H3,(H2,11,14)(H,12,17)(H,15,16)/t7-/m1/s1. The number of primary amides is 1. The van der Waals surface area contributed by atoms with Crippen molar-refractivity contribution in [3.8, 4) is 0 Å². The maximum absolute atomic E-state index is 11.6. The second kappa shape index (κ2) is 8.29. The molecule has 0 radical (unpaired) electrons. The van der Waals surface area contributed by atoms with Crippen molar-refractivity contribution < 1.29 is 24.2 Å². The van der Waals surface area contributed by atoms with Gasteiger partial charge in [0.15, 0.2) is 0 Å². The zero-order valence-corrected chi connectivity index (χ0v) is 10.5. The SMILES string of the molecule is CCOCCN(C)C(=O)N[C@H](CC(N)=O)C(=O)O. The monoisotopic (exact) mass is 261 g/mol. The second-order valence-electron chi connectivity index (χ2n) is 3.63. The number of nitrogens with one attached hydrogen (secondary N) is 1. The normalized spacial score (nSPS) is 11.7. The van der Waals surface area contributed by atoms with Crippen LogP contribution in [0.25, 0.3) is 0 Å². The average Bonchev–Trinajstić information content (AvgIpc) is 2.27. The van der Waals surface area contributed by atoms with Crippen molar-refractivity contribution in [1.82, 2.24) is 10.2 Å². The van der Waals surface area contributed by atoms with Crippen molar-refractivity contribution in [2.24, 2.45) is 5.73 Å². The summed E-state index contributed by atoms with van der Waals surface area (Å²) in [6.07, 6.45) is -0.444. The molecule has 0 aliphatic rings. The van der Waals surface area contributed by atoms with Crippen LogP contribution < -0.4 is 11.1 Å². The molecule has 0 aromatic heterocycles. The highest BCUT2D eigenvalue weighted by molar-refractivity contribution is 5.87. The van der Waals surface area contributed by atoms with Crippen LogP contribution in [0.5, 0.6) is 0 Å². The molecule has 0 heterocycles. The molecule has 0 saturated carbocycles. The van der Waals surface area contributed by atoms with E-state index < -0.39 is 30.4 Å². The molecule has 0 fully saturated rings. The van der Waals surface area contributed by atoms with Crippen LogP contribution in [0.4, 0.5) is 4.79 Å². The van der Waals surface area contributed by atoms with Crippen molar-refractivity contribution in [3.63, 3.8) is 0 Å². The van der Waals surface area contributed by atoms with E-state index >= 15 is 0 Å². The van der Waals surface area contributed by atoms with Gasteiger partial charge in [-0.3, -0.25) is 4.79 Å². The summed E-state index contributed by atoms with van der Waals surface area (Å²) in [5.41, 5.74) is 4.89. The number of urea groups is 1. The van der Waals surface area contributed by atoms with Crippen LogP contribution in [0.3, 0.4) is 0 Å². The van der Waals surface area contributed by atoms with Crippen molar-refractivity contribution in [3.05, 3.63) is 0 Å². The Balaban J connectivity index is 4.23. The summed E-state index contributed by atoms with van der Waals surface area (Å²) in [4.78, 5) is 34.3. The average molecular weight is 261 g/mol. The van der Waals surface area contributed by atoms with Gasteiger partial charge in [-0.15, -0.1) is 0 Å². The number of carbonyl (C=O) groups is 3. The van der Waals surface area contributed by atoms with Gasteiger partial charge in [-0.2, -0.15) is 0 Å². The molecular weight excluding hydrogens is 242 g/mol. The minimum absolute atomic E-state index is 0.322. The highest BCUT2D eigenvalue weighted by Crippen LogP contribution is 1.94. The van der Waals surface area contributed by atoms with Crippen LogP contribution in [0, 0.1) is 0 Å². The maximum Gasteiger partial charge on any atom is 0.326 e. The Bertz CT molecular complexity index is 308. The van der Waals surface area contributed by atoms with Gasteiger partial charge in [0.2, 0.25) is 5.91 Å². The lowest BCUT2D eigenvalue weighted by Crippen LogP contribution is -2.48. The molecule has 0 bridgehead atoms. The third-order valence-corrected chi connectivity index (χ3v) is 2.12. The minimum atomic E-state index is -1.32. The minimum Gasteiger partial charge on any atom is -0.480 e. The smallest absolute Gasteiger partial charge is 0.326 e. The molecule has 0 spiro atoms. The Morgan fingerprint density at radius 1 is 1.44 bits per heavy atom. The molecule has 0 aliphatic carbocycles. The number of ether oxygens (including phenoxy) is 1. The van der Waals surface area contributed by atoms with Gasteiger partial charge >= 0.3 is 12.0 Å². The number of carbonyl (C=O) groups excluding carboxylic acids is 2. The zero-order valence-electron chi connectivity index (χ0n) is 10.5. The Morgan fingerprint density at radius 2 is 2.06 bits per heavy atom. The predicted molar refractivity (Wildman–Crippen MR) is 62.9 cm³/mol. The number of carboxylic acid groups (broad SMARTS) is 1. The summed E-state index contributed by atoms with van der Waals surface area (Å²) in [6.45, 7) is 3.04. The molecular formula is C10H19N3O5. The Labute approximate surface area is 105 Å². The number of hydrogen-bond donors (Lipinski definition) is 3. The lowest BCUT2D eigenvalue weighted by atomic mass is 10.2. The number of nitrogens with two attached hydrogens (primary N) is 1. The first-order chi connectivity index (χ1) is 8.38. The number of hydrogen-bond acceptors (Lipinski definition) is 4. The fourth-order valence-corrected chi connectivity index (χ4v) is 1.11. The Kier molecular flexibility index (Phi) is 7.45. The van der Waals surface area contributed by atoms with Crippen LogP contribution in [0.1, 0.15) is 13.3 Å². The van der Waals surface area contributed by atoms with Gasteiger partial charge in [-0.25, -0.2) is 9.59 Å². The molecule has 0 unspecified atom stereocenters. The quantitative estimate of drug-likeness (QED) is 0.483. The molecule has 3 amide bonds. The molecule has 8 nitrogen and oxygen atoms in total. The number of likely N-dealkylation sites (N-methyl/N-ethyl adjacent to an activating group) is 1. The second-order valence-corrected chi connectivity index (χ2v) is 3.63. The molecule has 0 aromatic carbocycles. The molecule has 0 rings (SSSR count). The fraction of sp³-hybridized carbons (Fsp3) is 0.700. The summed E-state index contributed by atoms with van der Waals surface area (Å²) < 4.78 is 5.06. The van der Waals surface area contributed by atoms with Crippen molar-refractivity contribution in [2.45, 2.75) is 19.4 Å². The topological polar surface area (TPSA) is 122 Å². The van der Waals surface area contributed by atoms with Gasteiger partial charge < -0.3 is 25.8 Å². The lowest BCUT2D eigenvalue weighted by molar-refractivity contribution is -0.140. The maximum atomic E-state index is 11.6. The van der Waals surface area contributed by atoms with E-state index in [9.17, 15) is 14.4 Å². The van der Waals surface area contributed by atoms with Gasteiger partial charge in [0.1, 0.15) is 6.04 Å². The first kappa shape index (κ1) is 16.2. The summed E-state index contributed by atoms with van der Waals surface area (Å²) in [6, 6.07) is -1.91. The van der Waals surface area contributed by atoms with Crippen molar-refractivity contribution in [2.75, 3.05) is 26.8 Å². The highest BCUT2D eigenvalue weighted by atomic mass is 16.5. The van der Waals surface area contributed by atoms with Gasteiger partial charge in [-0.1, -0.05) is 0 Å². The summed E-state index contributed by atoms with van der Waals surface area (Å²) in [5.74, 6) is -2.10. The van der Waals surface area contributed by atoms with E-state index in [2.05, 4.69) is 5.32 Å². The number of amides is 3. The van der Waals surface area contributed by atoms with E-state index in [4.69, 9.17) is 15.6 Å². The first-order valence-electron chi connectivity index (χ1n) is 5.49. The van der Waals surface area contributed by atoms with E-state index in [0.717, 1.165) is 0 Å². The number of carboxylic acids is 1. The fourth-order valence-electron chi connectivity index (χ4n) is 1.11. The van der Waals surface area contributed by atoms with Gasteiger partial charge in [0.25, 0.3) is 0 Å². The zero-order chi connectivity index (χ0) is 14.1. The van der Waals surface area contributed by atoms with E-state index in [0.29, 0.717) is 19.8 Å². The lowest BCUT2D eigenvalue weighted by Gasteiger charge is -2.20. The van der Waals surface area contributed by atoms with Crippen LogP contribution in [0.2, 0.25) is 0 Å². The molecule has 0 aliphatic heterocycles. The summed E-state index contributed by atoms with van der Waals surface area (Å²) in [5, 5.41) is 11.0. The van der Waals surface area contributed by atoms with E-state index in [-0.39, 0.29) is 0 Å². The molecule has 4 N–H and O–H groups in total. The van der Waals surface area contributed by atoms with Gasteiger partial charge in [0, 0.05) is 20.2 Å². The van der Waals surface area contributed by atoms with Crippen molar-refractivity contribution >= 4 is 17.9 Å². The van der Waals surface area contributed by atoms with E-state index in [1.54, 1.807) is 0 Å². The van der Waals surface area contributed by atoms with Crippen LogP contribution in [-0.2, 0) is 14.3 Å². The summed E-state index contributed by atoms with van der Waals surface area (Å²) >= 11 is 0. The highest BCUT2D eigenvalue weighted by Gasteiger charge is 2.23. The molecule has 18 heavy (non-hydrogen) atoms. The third kappa shape index (κ3) is 6.69. The van der Waals surface area contributed by atoms with E-state index in [1.807, 2.05) is 6.92 Å². The Morgan fingerprint density at radius 3 is 2.50 bits per heavy atom. The number of aliphatic carboxylic acids is 1.